The highest BCUT2D eigenvalue weighted by Crippen LogP contribution is 2.47. The normalized spacial score (nSPS) is 39.4. The average molecular weight is 287 g/mol. The van der Waals surface area contributed by atoms with E-state index in [9.17, 15) is 0 Å². The van der Waals surface area contributed by atoms with Crippen molar-refractivity contribution in [3.63, 3.8) is 0 Å². The number of rotatable bonds is 1. The van der Waals surface area contributed by atoms with Gasteiger partial charge in [0.2, 0.25) is 0 Å². The summed E-state index contributed by atoms with van der Waals surface area (Å²) in [5, 5.41) is 0. The van der Waals surface area contributed by atoms with E-state index in [1.165, 1.54) is 24.0 Å². The summed E-state index contributed by atoms with van der Waals surface area (Å²) >= 11 is 0. The van der Waals surface area contributed by atoms with Crippen LogP contribution in [0.2, 0.25) is 0 Å². The molecule has 3 aliphatic rings. The predicted molar refractivity (Wildman–Crippen MR) is 82.1 cm³/mol. The smallest absolute Gasteiger partial charge is 0.0940 e. The van der Waals surface area contributed by atoms with Gasteiger partial charge in [0, 0.05) is 25.2 Å². The molecule has 114 valence electrons. The fraction of sp³-hybridized carbons (Fsp3) is 0.667. The van der Waals surface area contributed by atoms with Gasteiger partial charge in [0.25, 0.3) is 0 Å². The lowest BCUT2D eigenvalue weighted by Crippen LogP contribution is -2.53. The molecule has 3 nitrogen and oxygen atoms in total. The Balaban J connectivity index is 1.66. The van der Waals surface area contributed by atoms with Crippen molar-refractivity contribution in [3.8, 4) is 0 Å². The van der Waals surface area contributed by atoms with Crippen molar-refractivity contribution in [1.29, 1.82) is 0 Å². The van der Waals surface area contributed by atoms with Crippen LogP contribution in [0, 0.1) is 5.92 Å². The minimum Gasteiger partial charge on any atom is -0.378 e. The summed E-state index contributed by atoms with van der Waals surface area (Å²) < 4.78 is 11.7. The molecule has 2 heterocycles. The third kappa shape index (κ3) is 2.23. The molecule has 2 saturated heterocycles. The fourth-order valence-corrected chi connectivity index (χ4v) is 4.65. The van der Waals surface area contributed by atoms with Gasteiger partial charge in [0.05, 0.1) is 12.2 Å². The predicted octanol–water partition coefficient (Wildman–Crippen LogP) is 2.76. The Hall–Kier alpha value is -0.900. The summed E-state index contributed by atoms with van der Waals surface area (Å²) in [4.78, 5) is 0. The van der Waals surface area contributed by atoms with Gasteiger partial charge in [-0.15, -0.1) is 0 Å². The van der Waals surface area contributed by atoms with Crippen LogP contribution in [0.15, 0.2) is 24.3 Å². The first-order chi connectivity index (χ1) is 10.2. The second kappa shape index (κ2) is 5.08. The quantitative estimate of drug-likeness (QED) is 0.864. The molecule has 3 unspecified atom stereocenters. The molecule has 0 bridgehead atoms. The monoisotopic (exact) mass is 287 g/mol. The molecule has 0 amide bonds. The summed E-state index contributed by atoms with van der Waals surface area (Å²) in [5.74, 6) is 0.509. The zero-order valence-electron chi connectivity index (χ0n) is 12.6. The Morgan fingerprint density at radius 3 is 2.90 bits per heavy atom. The van der Waals surface area contributed by atoms with Crippen LogP contribution in [0.5, 0.6) is 0 Å². The van der Waals surface area contributed by atoms with E-state index >= 15 is 0 Å². The molecule has 2 fully saturated rings. The molecular weight excluding hydrogens is 262 g/mol. The molecular formula is C18H25NO2. The lowest BCUT2D eigenvalue weighted by atomic mass is 9.65. The summed E-state index contributed by atoms with van der Waals surface area (Å²) in [5.41, 5.74) is 9.61. The maximum absolute atomic E-state index is 7.00. The summed E-state index contributed by atoms with van der Waals surface area (Å²) in [6.07, 6.45) is 6.64. The van der Waals surface area contributed by atoms with Gasteiger partial charge < -0.3 is 15.2 Å². The molecule has 0 saturated carbocycles. The van der Waals surface area contributed by atoms with Gasteiger partial charge in [-0.25, -0.2) is 0 Å². The topological polar surface area (TPSA) is 44.5 Å². The van der Waals surface area contributed by atoms with Crippen molar-refractivity contribution in [3.05, 3.63) is 35.4 Å². The molecule has 1 spiro atoms. The van der Waals surface area contributed by atoms with Gasteiger partial charge in [0.15, 0.2) is 0 Å². The highest BCUT2D eigenvalue weighted by molar-refractivity contribution is 5.36. The summed E-state index contributed by atoms with van der Waals surface area (Å²) in [6, 6.07) is 8.78. The number of aryl methyl sites for hydroxylation is 1. The lowest BCUT2D eigenvalue weighted by molar-refractivity contribution is -0.111. The van der Waals surface area contributed by atoms with Crippen LogP contribution in [0.25, 0.3) is 0 Å². The van der Waals surface area contributed by atoms with Crippen molar-refractivity contribution in [2.75, 3.05) is 19.8 Å². The van der Waals surface area contributed by atoms with Crippen LogP contribution in [0.3, 0.4) is 0 Å². The van der Waals surface area contributed by atoms with Gasteiger partial charge in [-0.3, -0.25) is 0 Å². The first-order valence-electron chi connectivity index (χ1n) is 8.31. The van der Waals surface area contributed by atoms with Crippen LogP contribution in [0.4, 0.5) is 0 Å². The van der Waals surface area contributed by atoms with E-state index in [0.717, 1.165) is 45.5 Å². The molecule has 0 aromatic heterocycles. The van der Waals surface area contributed by atoms with E-state index in [0.29, 0.717) is 5.92 Å². The van der Waals surface area contributed by atoms with E-state index in [1.54, 1.807) is 0 Å². The third-order valence-corrected chi connectivity index (χ3v) is 5.84. The van der Waals surface area contributed by atoms with E-state index in [4.69, 9.17) is 15.2 Å². The van der Waals surface area contributed by atoms with Crippen LogP contribution >= 0.6 is 0 Å². The third-order valence-electron chi connectivity index (χ3n) is 5.84. The Morgan fingerprint density at radius 2 is 2.05 bits per heavy atom. The van der Waals surface area contributed by atoms with Crippen molar-refractivity contribution in [2.45, 2.75) is 49.7 Å². The maximum atomic E-state index is 7.00. The van der Waals surface area contributed by atoms with Gasteiger partial charge in [0.1, 0.15) is 0 Å². The zero-order chi connectivity index (χ0) is 14.3. The minimum atomic E-state index is -0.172. The first kappa shape index (κ1) is 13.7. The van der Waals surface area contributed by atoms with Crippen LogP contribution in [0.1, 0.15) is 43.2 Å². The second-order valence-electron chi connectivity index (χ2n) is 7.07. The van der Waals surface area contributed by atoms with Crippen molar-refractivity contribution in [1.82, 2.24) is 0 Å². The minimum absolute atomic E-state index is 0.0539. The molecule has 4 rings (SSSR count). The van der Waals surface area contributed by atoms with Crippen LogP contribution < -0.4 is 5.73 Å². The molecule has 1 aliphatic carbocycles. The Bertz CT molecular complexity index is 524. The van der Waals surface area contributed by atoms with Gasteiger partial charge in [-0.05, 0) is 49.1 Å². The Labute approximate surface area is 126 Å². The Morgan fingerprint density at radius 1 is 1.14 bits per heavy atom. The van der Waals surface area contributed by atoms with E-state index < -0.39 is 0 Å². The van der Waals surface area contributed by atoms with Gasteiger partial charge in [-0.2, -0.15) is 0 Å². The molecule has 1 aromatic rings. The van der Waals surface area contributed by atoms with E-state index in [1.807, 2.05) is 0 Å². The largest absolute Gasteiger partial charge is 0.378 e. The molecule has 0 radical (unpaired) electrons. The Kier molecular flexibility index (Phi) is 3.32. The highest BCUT2D eigenvalue weighted by atomic mass is 16.6. The SMILES string of the molecule is NC1(C2CCOC3(CCOC3)C2)CCCc2ccccc21. The second-order valence-corrected chi connectivity index (χ2v) is 7.07. The van der Waals surface area contributed by atoms with Crippen molar-refractivity contribution >= 4 is 0 Å². The van der Waals surface area contributed by atoms with Crippen LogP contribution in [-0.4, -0.2) is 25.4 Å². The highest BCUT2D eigenvalue weighted by Gasteiger charge is 2.48. The number of hydrogen-bond donors (Lipinski definition) is 1. The lowest BCUT2D eigenvalue weighted by Gasteiger charge is -2.48. The van der Waals surface area contributed by atoms with Crippen molar-refractivity contribution < 1.29 is 9.47 Å². The number of nitrogens with two attached hydrogens (primary N) is 1. The molecule has 21 heavy (non-hydrogen) atoms. The first-order valence-corrected chi connectivity index (χ1v) is 8.31. The zero-order valence-corrected chi connectivity index (χ0v) is 12.6. The van der Waals surface area contributed by atoms with Gasteiger partial charge >= 0.3 is 0 Å². The fourth-order valence-electron chi connectivity index (χ4n) is 4.65. The molecule has 2 aliphatic heterocycles. The van der Waals surface area contributed by atoms with Gasteiger partial charge in [-0.1, -0.05) is 24.3 Å². The number of ether oxygens (including phenoxy) is 2. The molecule has 2 N–H and O–H groups in total. The maximum Gasteiger partial charge on any atom is 0.0940 e. The summed E-state index contributed by atoms with van der Waals surface area (Å²) in [7, 11) is 0. The number of fused-ring (bicyclic) bond motifs is 1. The molecule has 3 atom stereocenters. The molecule has 3 heteroatoms. The molecule has 1 aromatic carbocycles. The average Bonchev–Trinajstić information content (AvgIpc) is 2.96. The van der Waals surface area contributed by atoms with Crippen LogP contribution in [-0.2, 0) is 21.4 Å². The van der Waals surface area contributed by atoms with E-state index in [-0.39, 0.29) is 11.1 Å². The standard InChI is InChI=1S/C18H25NO2/c19-18(8-3-5-14-4-1-2-6-16(14)18)15-7-10-21-17(12-15)9-11-20-13-17/h1-2,4,6,15H,3,5,7-13,19H2. The number of hydrogen-bond acceptors (Lipinski definition) is 3. The van der Waals surface area contributed by atoms with Crippen molar-refractivity contribution in [2.24, 2.45) is 11.7 Å². The summed E-state index contributed by atoms with van der Waals surface area (Å²) in [6.45, 7) is 2.41. The van der Waals surface area contributed by atoms with E-state index in [2.05, 4.69) is 24.3 Å². The number of benzene rings is 1.